The fourth-order valence-electron chi connectivity index (χ4n) is 2.35. The average Bonchev–Trinajstić information content (AvgIpc) is 2.47. The summed E-state index contributed by atoms with van der Waals surface area (Å²) < 4.78 is 26.2. The number of sulfonamides is 1. The molecule has 0 saturated heterocycles. The van der Waals surface area contributed by atoms with Crippen LogP contribution in [-0.4, -0.2) is 27.1 Å². The molecule has 24 heavy (non-hydrogen) atoms. The van der Waals surface area contributed by atoms with Crippen LogP contribution in [0.4, 0.5) is 11.4 Å². The van der Waals surface area contributed by atoms with Crippen molar-refractivity contribution in [1.29, 1.82) is 0 Å². The summed E-state index contributed by atoms with van der Waals surface area (Å²) in [5, 5.41) is 2.72. The molecule has 2 aromatic carbocycles. The summed E-state index contributed by atoms with van der Waals surface area (Å²) in [6, 6.07) is 12.6. The highest BCUT2D eigenvalue weighted by molar-refractivity contribution is 9.10. The third-order valence-electron chi connectivity index (χ3n) is 3.46. The van der Waals surface area contributed by atoms with Gasteiger partial charge in [0.1, 0.15) is 6.54 Å². The zero-order valence-corrected chi connectivity index (χ0v) is 16.1. The standard InChI is InChI=1S/C17H19BrN2O3S/c1-12-8-9-16(13(2)10-12)20(24(3,22)23)11-17(21)19-15-7-5-4-6-14(15)18/h4-10H,11H2,1-3H3,(H,19,21). The van der Waals surface area contributed by atoms with Gasteiger partial charge in [0.25, 0.3) is 0 Å². The molecular weight excluding hydrogens is 392 g/mol. The van der Waals surface area contributed by atoms with Crippen molar-refractivity contribution in [3.8, 4) is 0 Å². The van der Waals surface area contributed by atoms with Crippen LogP contribution in [0.25, 0.3) is 0 Å². The second-order valence-electron chi connectivity index (χ2n) is 5.59. The van der Waals surface area contributed by atoms with Crippen LogP contribution in [-0.2, 0) is 14.8 Å². The van der Waals surface area contributed by atoms with Crippen molar-refractivity contribution < 1.29 is 13.2 Å². The van der Waals surface area contributed by atoms with Gasteiger partial charge in [0.2, 0.25) is 15.9 Å². The van der Waals surface area contributed by atoms with Gasteiger partial charge in [-0.15, -0.1) is 0 Å². The van der Waals surface area contributed by atoms with E-state index in [1.807, 2.05) is 32.0 Å². The molecule has 0 saturated carbocycles. The SMILES string of the molecule is Cc1ccc(N(CC(=O)Nc2ccccc2Br)S(C)(=O)=O)c(C)c1. The van der Waals surface area contributed by atoms with Crippen molar-refractivity contribution in [2.24, 2.45) is 0 Å². The van der Waals surface area contributed by atoms with E-state index in [-0.39, 0.29) is 6.54 Å². The summed E-state index contributed by atoms with van der Waals surface area (Å²) in [5.74, 6) is -0.410. The van der Waals surface area contributed by atoms with Crippen molar-refractivity contribution in [2.75, 3.05) is 22.4 Å². The van der Waals surface area contributed by atoms with Crippen LogP contribution in [0, 0.1) is 13.8 Å². The molecule has 0 aliphatic rings. The smallest absolute Gasteiger partial charge is 0.245 e. The molecule has 0 bridgehead atoms. The van der Waals surface area contributed by atoms with Crippen LogP contribution in [0.3, 0.4) is 0 Å². The monoisotopic (exact) mass is 410 g/mol. The van der Waals surface area contributed by atoms with E-state index in [0.717, 1.165) is 26.2 Å². The number of amides is 1. The first-order chi connectivity index (χ1) is 11.2. The van der Waals surface area contributed by atoms with Crippen LogP contribution in [0.15, 0.2) is 46.9 Å². The minimum atomic E-state index is -3.59. The van der Waals surface area contributed by atoms with E-state index >= 15 is 0 Å². The normalized spacial score (nSPS) is 11.2. The number of benzene rings is 2. The summed E-state index contributed by atoms with van der Waals surface area (Å²) >= 11 is 3.35. The molecule has 0 spiro atoms. The Morgan fingerprint density at radius 2 is 1.83 bits per heavy atom. The van der Waals surface area contributed by atoms with Gasteiger partial charge in [0.05, 0.1) is 17.6 Å². The quantitative estimate of drug-likeness (QED) is 0.820. The third kappa shape index (κ3) is 4.58. The van der Waals surface area contributed by atoms with Crippen molar-refractivity contribution >= 4 is 43.2 Å². The van der Waals surface area contributed by atoms with Gasteiger partial charge < -0.3 is 5.32 Å². The Morgan fingerprint density at radius 1 is 1.17 bits per heavy atom. The van der Waals surface area contributed by atoms with Crippen LogP contribution in [0.2, 0.25) is 0 Å². The molecule has 2 aromatic rings. The van der Waals surface area contributed by atoms with E-state index < -0.39 is 15.9 Å². The van der Waals surface area contributed by atoms with Gasteiger partial charge in [0.15, 0.2) is 0 Å². The first kappa shape index (κ1) is 18.5. The maximum Gasteiger partial charge on any atom is 0.245 e. The Kier molecular flexibility index (Phi) is 5.66. The highest BCUT2D eigenvalue weighted by Crippen LogP contribution is 2.24. The molecule has 0 unspecified atom stereocenters. The van der Waals surface area contributed by atoms with Gasteiger partial charge in [-0.1, -0.05) is 29.8 Å². The maximum atomic E-state index is 12.3. The van der Waals surface area contributed by atoms with Gasteiger partial charge in [-0.2, -0.15) is 0 Å². The van der Waals surface area contributed by atoms with E-state index in [1.54, 1.807) is 24.3 Å². The first-order valence-electron chi connectivity index (χ1n) is 7.28. The molecule has 5 nitrogen and oxygen atoms in total. The van der Waals surface area contributed by atoms with Crippen molar-refractivity contribution in [2.45, 2.75) is 13.8 Å². The molecule has 0 aromatic heterocycles. The molecule has 0 atom stereocenters. The van der Waals surface area contributed by atoms with E-state index in [9.17, 15) is 13.2 Å². The van der Waals surface area contributed by atoms with Gasteiger partial charge >= 0.3 is 0 Å². The number of carbonyl (C=O) groups excluding carboxylic acids is 1. The Morgan fingerprint density at radius 3 is 2.42 bits per heavy atom. The predicted octanol–water partition coefficient (Wildman–Crippen LogP) is 3.47. The topological polar surface area (TPSA) is 66.5 Å². The number of halogens is 1. The van der Waals surface area contributed by atoms with Gasteiger partial charge in [-0.05, 0) is 53.5 Å². The molecular formula is C17H19BrN2O3S. The lowest BCUT2D eigenvalue weighted by molar-refractivity contribution is -0.114. The van der Waals surface area contributed by atoms with E-state index in [0.29, 0.717) is 11.4 Å². The maximum absolute atomic E-state index is 12.3. The number of carbonyl (C=O) groups is 1. The highest BCUT2D eigenvalue weighted by Gasteiger charge is 2.22. The first-order valence-corrected chi connectivity index (χ1v) is 9.92. The Labute approximate surface area is 150 Å². The second kappa shape index (κ2) is 7.36. The lowest BCUT2D eigenvalue weighted by atomic mass is 10.1. The number of hydrogen-bond donors (Lipinski definition) is 1. The molecule has 0 aliphatic heterocycles. The van der Waals surface area contributed by atoms with E-state index in [2.05, 4.69) is 21.2 Å². The Balaban J connectivity index is 2.27. The molecule has 0 fully saturated rings. The number of nitrogens with zero attached hydrogens (tertiary/aromatic N) is 1. The summed E-state index contributed by atoms with van der Waals surface area (Å²) in [6.45, 7) is 3.47. The number of aryl methyl sites for hydroxylation is 2. The molecule has 1 amide bonds. The summed E-state index contributed by atoms with van der Waals surface area (Å²) in [5.41, 5.74) is 2.93. The van der Waals surface area contributed by atoms with E-state index in [4.69, 9.17) is 0 Å². The molecule has 2 rings (SSSR count). The van der Waals surface area contributed by atoms with Crippen LogP contribution in [0.5, 0.6) is 0 Å². The molecule has 7 heteroatoms. The molecule has 1 N–H and O–H groups in total. The van der Waals surface area contributed by atoms with Crippen LogP contribution >= 0.6 is 15.9 Å². The van der Waals surface area contributed by atoms with Crippen LogP contribution in [0.1, 0.15) is 11.1 Å². The Hall–Kier alpha value is -1.86. The van der Waals surface area contributed by atoms with Gasteiger partial charge in [-0.3, -0.25) is 9.10 Å². The van der Waals surface area contributed by atoms with Crippen LogP contribution < -0.4 is 9.62 Å². The summed E-state index contributed by atoms with van der Waals surface area (Å²) in [4.78, 5) is 12.3. The zero-order valence-electron chi connectivity index (χ0n) is 13.7. The Bertz CT molecular complexity index is 866. The molecule has 0 aliphatic carbocycles. The zero-order chi connectivity index (χ0) is 17.9. The number of rotatable bonds is 5. The minimum Gasteiger partial charge on any atom is -0.323 e. The predicted molar refractivity (Wildman–Crippen MR) is 101 cm³/mol. The van der Waals surface area contributed by atoms with Crippen molar-refractivity contribution in [3.63, 3.8) is 0 Å². The van der Waals surface area contributed by atoms with Crippen molar-refractivity contribution in [3.05, 3.63) is 58.1 Å². The van der Waals surface area contributed by atoms with E-state index in [1.165, 1.54) is 0 Å². The van der Waals surface area contributed by atoms with Crippen molar-refractivity contribution in [1.82, 2.24) is 0 Å². The number of para-hydroxylation sites is 1. The summed E-state index contributed by atoms with van der Waals surface area (Å²) in [6.07, 6.45) is 1.10. The molecule has 0 heterocycles. The number of nitrogens with one attached hydrogen (secondary N) is 1. The second-order valence-corrected chi connectivity index (χ2v) is 8.35. The van der Waals surface area contributed by atoms with Gasteiger partial charge in [0, 0.05) is 4.47 Å². The lowest BCUT2D eigenvalue weighted by Gasteiger charge is -2.24. The largest absolute Gasteiger partial charge is 0.323 e. The lowest BCUT2D eigenvalue weighted by Crippen LogP contribution is -2.37. The highest BCUT2D eigenvalue weighted by atomic mass is 79.9. The number of hydrogen-bond acceptors (Lipinski definition) is 3. The fraction of sp³-hybridized carbons (Fsp3) is 0.235. The third-order valence-corrected chi connectivity index (χ3v) is 5.27. The average molecular weight is 411 g/mol. The number of anilines is 2. The molecule has 128 valence electrons. The van der Waals surface area contributed by atoms with Gasteiger partial charge in [-0.25, -0.2) is 8.42 Å². The summed E-state index contributed by atoms with van der Waals surface area (Å²) in [7, 11) is -3.59. The fourth-order valence-corrected chi connectivity index (χ4v) is 3.65. The molecule has 0 radical (unpaired) electrons. The minimum absolute atomic E-state index is 0.288.